The van der Waals surface area contributed by atoms with Crippen molar-refractivity contribution >= 4 is 5.95 Å². The molecular formula is C12H15N3O3. The van der Waals surface area contributed by atoms with Crippen LogP contribution in [0.15, 0.2) is 35.1 Å². The first kappa shape index (κ1) is 12.4. The summed E-state index contributed by atoms with van der Waals surface area (Å²) in [5.41, 5.74) is 0. The summed E-state index contributed by atoms with van der Waals surface area (Å²) in [5, 5.41) is 3.14. The number of hydrogen-bond acceptors (Lipinski definition) is 6. The van der Waals surface area contributed by atoms with Gasteiger partial charge in [0.15, 0.2) is 0 Å². The van der Waals surface area contributed by atoms with Crippen LogP contribution in [-0.2, 0) is 4.74 Å². The Hall–Kier alpha value is -2.08. The van der Waals surface area contributed by atoms with Crippen LogP contribution in [-0.4, -0.2) is 30.8 Å². The SMILES string of the molecule is COCC(Nc1nccc(OC)n1)c1ccco1. The molecule has 0 spiro atoms. The van der Waals surface area contributed by atoms with E-state index in [0.717, 1.165) is 5.76 Å². The third kappa shape index (κ3) is 2.98. The number of rotatable bonds is 6. The smallest absolute Gasteiger partial charge is 0.226 e. The van der Waals surface area contributed by atoms with Crippen LogP contribution in [0.4, 0.5) is 5.95 Å². The second-order valence-electron chi connectivity index (χ2n) is 3.59. The fourth-order valence-corrected chi connectivity index (χ4v) is 1.53. The van der Waals surface area contributed by atoms with Gasteiger partial charge in [-0.25, -0.2) is 4.98 Å². The highest BCUT2D eigenvalue weighted by Gasteiger charge is 2.15. The Labute approximate surface area is 105 Å². The molecule has 0 aliphatic rings. The minimum Gasteiger partial charge on any atom is -0.481 e. The standard InChI is InChI=1S/C12H15N3O3/c1-16-8-9(10-4-3-7-18-10)14-12-13-6-5-11(15-12)17-2/h3-7,9H,8H2,1-2H3,(H,13,14,15). The summed E-state index contributed by atoms with van der Waals surface area (Å²) >= 11 is 0. The summed E-state index contributed by atoms with van der Waals surface area (Å²) in [7, 11) is 3.19. The van der Waals surface area contributed by atoms with Crippen LogP contribution >= 0.6 is 0 Å². The van der Waals surface area contributed by atoms with E-state index in [2.05, 4.69) is 15.3 Å². The first-order valence-electron chi connectivity index (χ1n) is 5.49. The van der Waals surface area contributed by atoms with Gasteiger partial charge < -0.3 is 19.2 Å². The molecule has 2 aromatic heterocycles. The number of anilines is 1. The van der Waals surface area contributed by atoms with Gasteiger partial charge in [-0.05, 0) is 12.1 Å². The van der Waals surface area contributed by atoms with Crippen molar-refractivity contribution in [3.63, 3.8) is 0 Å². The van der Waals surface area contributed by atoms with Crippen molar-refractivity contribution in [2.24, 2.45) is 0 Å². The minimum atomic E-state index is -0.142. The molecule has 0 aliphatic heterocycles. The third-order valence-corrected chi connectivity index (χ3v) is 2.36. The molecule has 0 aromatic carbocycles. The topological polar surface area (TPSA) is 69.4 Å². The molecule has 2 rings (SSSR count). The largest absolute Gasteiger partial charge is 0.481 e. The van der Waals surface area contributed by atoms with Gasteiger partial charge in [-0.3, -0.25) is 0 Å². The van der Waals surface area contributed by atoms with Crippen LogP contribution in [0.5, 0.6) is 5.88 Å². The van der Waals surface area contributed by atoms with Gasteiger partial charge in [0.2, 0.25) is 11.8 Å². The predicted octanol–water partition coefficient (Wildman–Crippen LogP) is 1.88. The fraction of sp³-hybridized carbons (Fsp3) is 0.333. The molecule has 2 aromatic rings. The molecule has 1 atom stereocenters. The Morgan fingerprint density at radius 2 is 2.28 bits per heavy atom. The van der Waals surface area contributed by atoms with Gasteiger partial charge in [0.1, 0.15) is 11.8 Å². The van der Waals surface area contributed by atoms with Crippen molar-refractivity contribution in [2.45, 2.75) is 6.04 Å². The van der Waals surface area contributed by atoms with Crippen molar-refractivity contribution in [1.29, 1.82) is 0 Å². The van der Waals surface area contributed by atoms with Crippen molar-refractivity contribution < 1.29 is 13.9 Å². The monoisotopic (exact) mass is 249 g/mol. The van der Waals surface area contributed by atoms with Crippen molar-refractivity contribution in [1.82, 2.24) is 9.97 Å². The first-order chi connectivity index (χ1) is 8.83. The summed E-state index contributed by atoms with van der Waals surface area (Å²) in [6.07, 6.45) is 3.24. The molecule has 0 bridgehead atoms. The highest BCUT2D eigenvalue weighted by molar-refractivity contribution is 5.31. The van der Waals surface area contributed by atoms with Crippen LogP contribution in [0.25, 0.3) is 0 Å². The van der Waals surface area contributed by atoms with Crippen LogP contribution in [0.3, 0.4) is 0 Å². The lowest BCUT2D eigenvalue weighted by Crippen LogP contribution is -2.17. The molecule has 96 valence electrons. The Morgan fingerprint density at radius 3 is 2.94 bits per heavy atom. The zero-order valence-electron chi connectivity index (χ0n) is 10.3. The third-order valence-electron chi connectivity index (χ3n) is 2.36. The van der Waals surface area contributed by atoms with E-state index in [1.54, 1.807) is 32.7 Å². The zero-order valence-corrected chi connectivity index (χ0v) is 10.3. The predicted molar refractivity (Wildman–Crippen MR) is 65.5 cm³/mol. The average Bonchev–Trinajstić information content (AvgIpc) is 2.92. The number of nitrogens with one attached hydrogen (secondary N) is 1. The van der Waals surface area contributed by atoms with Gasteiger partial charge in [-0.1, -0.05) is 0 Å². The first-order valence-corrected chi connectivity index (χ1v) is 5.49. The lowest BCUT2D eigenvalue weighted by Gasteiger charge is -2.15. The van der Waals surface area contributed by atoms with Gasteiger partial charge in [0.25, 0.3) is 0 Å². The number of hydrogen-bond donors (Lipinski definition) is 1. The molecule has 0 fully saturated rings. The molecule has 0 amide bonds. The number of nitrogens with zero attached hydrogens (tertiary/aromatic N) is 2. The van der Waals surface area contributed by atoms with E-state index in [4.69, 9.17) is 13.9 Å². The zero-order chi connectivity index (χ0) is 12.8. The van der Waals surface area contributed by atoms with Crippen molar-refractivity contribution in [3.8, 4) is 5.88 Å². The highest BCUT2D eigenvalue weighted by Crippen LogP contribution is 2.19. The lowest BCUT2D eigenvalue weighted by atomic mass is 10.2. The quantitative estimate of drug-likeness (QED) is 0.843. The molecular weight excluding hydrogens is 234 g/mol. The average molecular weight is 249 g/mol. The summed E-state index contributed by atoms with van der Waals surface area (Å²) in [5.74, 6) is 1.74. The van der Waals surface area contributed by atoms with E-state index in [0.29, 0.717) is 18.4 Å². The molecule has 2 heterocycles. The lowest BCUT2D eigenvalue weighted by molar-refractivity contribution is 0.178. The van der Waals surface area contributed by atoms with Crippen LogP contribution in [0, 0.1) is 0 Å². The summed E-state index contributed by atoms with van der Waals surface area (Å²) in [6.45, 7) is 0.452. The van der Waals surface area contributed by atoms with E-state index >= 15 is 0 Å². The van der Waals surface area contributed by atoms with Crippen LogP contribution in [0.1, 0.15) is 11.8 Å². The van der Waals surface area contributed by atoms with E-state index in [1.807, 2.05) is 12.1 Å². The van der Waals surface area contributed by atoms with Crippen molar-refractivity contribution in [3.05, 3.63) is 36.4 Å². The highest BCUT2D eigenvalue weighted by atomic mass is 16.5. The summed E-state index contributed by atoms with van der Waals surface area (Å²) in [4.78, 5) is 8.30. The molecule has 0 radical (unpaired) electrons. The Bertz CT molecular complexity index is 473. The van der Waals surface area contributed by atoms with E-state index < -0.39 is 0 Å². The molecule has 1 unspecified atom stereocenters. The Morgan fingerprint density at radius 1 is 1.39 bits per heavy atom. The Kier molecular flexibility index (Phi) is 4.14. The molecule has 6 heteroatoms. The maximum atomic E-state index is 5.35. The van der Waals surface area contributed by atoms with Crippen molar-refractivity contribution in [2.75, 3.05) is 26.1 Å². The maximum absolute atomic E-state index is 5.35. The van der Waals surface area contributed by atoms with Gasteiger partial charge in [-0.2, -0.15) is 4.98 Å². The normalized spacial score (nSPS) is 12.1. The fourth-order valence-electron chi connectivity index (χ4n) is 1.53. The van der Waals surface area contributed by atoms with Gasteiger partial charge in [0, 0.05) is 19.4 Å². The van der Waals surface area contributed by atoms with E-state index in [-0.39, 0.29) is 6.04 Å². The van der Waals surface area contributed by atoms with Crippen LogP contribution < -0.4 is 10.1 Å². The molecule has 0 aliphatic carbocycles. The van der Waals surface area contributed by atoms with Gasteiger partial charge in [0.05, 0.1) is 20.0 Å². The summed E-state index contributed by atoms with van der Waals surface area (Å²) < 4.78 is 15.5. The second-order valence-corrected chi connectivity index (χ2v) is 3.59. The number of aromatic nitrogens is 2. The number of furan rings is 1. The number of ether oxygens (including phenoxy) is 2. The van der Waals surface area contributed by atoms with E-state index in [1.165, 1.54) is 0 Å². The van der Waals surface area contributed by atoms with E-state index in [9.17, 15) is 0 Å². The van der Waals surface area contributed by atoms with Crippen LogP contribution in [0.2, 0.25) is 0 Å². The van der Waals surface area contributed by atoms with Gasteiger partial charge >= 0.3 is 0 Å². The minimum absolute atomic E-state index is 0.142. The number of methoxy groups -OCH3 is 2. The molecule has 1 N–H and O–H groups in total. The Balaban J connectivity index is 2.13. The molecule has 6 nitrogen and oxygen atoms in total. The van der Waals surface area contributed by atoms with Gasteiger partial charge in [-0.15, -0.1) is 0 Å². The summed E-state index contributed by atoms with van der Waals surface area (Å²) in [6, 6.07) is 5.24. The second kappa shape index (κ2) is 6.02. The molecule has 18 heavy (non-hydrogen) atoms. The molecule has 0 saturated heterocycles. The maximum Gasteiger partial charge on any atom is 0.226 e. The molecule has 0 saturated carbocycles.